The summed E-state index contributed by atoms with van der Waals surface area (Å²) in [4.78, 5) is 22.8. The lowest BCUT2D eigenvalue weighted by Crippen LogP contribution is -2.10. The number of fused-ring (bicyclic) bond motifs is 1. The summed E-state index contributed by atoms with van der Waals surface area (Å²) in [6.45, 7) is 3.64. The van der Waals surface area contributed by atoms with Crippen molar-refractivity contribution in [1.82, 2.24) is 0 Å². The lowest BCUT2D eigenvalue weighted by molar-refractivity contribution is 0.119. The van der Waals surface area contributed by atoms with Crippen molar-refractivity contribution >= 4 is 23.1 Å². The first-order valence-electron chi connectivity index (χ1n) is 6.51. The molecule has 0 radical (unpaired) electrons. The Morgan fingerprint density at radius 2 is 1.50 bits per heavy atom. The predicted octanol–water partition coefficient (Wildman–Crippen LogP) is 3.75. The monoisotopic (exact) mass is 304 g/mol. The number of aryl methyl sites for hydroxylation is 2. The summed E-state index contributed by atoms with van der Waals surface area (Å²) in [5.41, 5.74) is 1.59. The average Bonchev–Trinajstić information content (AvgIpc) is 2.50. The summed E-state index contributed by atoms with van der Waals surface area (Å²) in [5, 5.41) is 1.27. The molecule has 22 heavy (non-hydrogen) atoms. The van der Waals surface area contributed by atoms with E-state index in [2.05, 4.69) is 9.47 Å². The molecule has 0 saturated heterocycles. The molecule has 0 amide bonds. The third-order valence-electron chi connectivity index (χ3n) is 3.10. The van der Waals surface area contributed by atoms with E-state index in [-0.39, 0.29) is 0 Å². The molecule has 6 nitrogen and oxygen atoms in total. The average molecular weight is 304 g/mol. The summed E-state index contributed by atoms with van der Waals surface area (Å²) in [6, 6.07) is 7.10. The van der Waals surface area contributed by atoms with E-state index in [4.69, 9.17) is 9.47 Å². The van der Waals surface area contributed by atoms with E-state index in [1.54, 1.807) is 19.1 Å². The molecule has 6 heteroatoms. The topological polar surface area (TPSA) is 71.1 Å². The number of methoxy groups -OCH3 is 2. The van der Waals surface area contributed by atoms with E-state index < -0.39 is 12.3 Å². The minimum atomic E-state index is -0.816. The SMILES string of the molecule is COC(=O)Oc1cc(C)c(OC(=O)OC)c2ccc(C)cc12. The van der Waals surface area contributed by atoms with Crippen LogP contribution in [0.3, 0.4) is 0 Å². The Bertz CT molecular complexity index is 735. The Balaban J connectivity index is 2.64. The Morgan fingerprint density at radius 3 is 2.14 bits per heavy atom. The summed E-state index contributed by atoms with van der Waals surface area (Å²) in [7, 11) is 2.47. The summed E-state index contributed by atoms with van der Waals surface area (Å²) >= 11 is 0. The van der Waals surface area contributed by atoms with Crippen LogP contribution in [0.25, 0.3) is 10.8 Å². The van der Waals surface area contributed by atoms with Crippen molar-refractivity contribution in [2.45, 2.75) is 13.8 Å². The summed E-state index contributed by atoms with van der Waals surface area (Å²) < 4.78 is 19.4. The standard InChI is InChI=1S/C16H16O6/c1-9-5-6-11-12(7-9)13(21-15(17)19-3)8-10(2)14(11)22-16(18)20-4/h5-8H,1-4H3. The Kier molecular flexibility index (Phi) is 4.50. The first-order chi connectivity index (χ1) is 10.5. The van der Waals surface area contributed by atoms with Gasteiger partial charge in [0.15, 0.2) is 0 Å². The molecule has 0 N–H and O–H groups in total. The molecule has 0 aliphatic heterocycles. The smallest absolute Gasteiger partial charge is 0.437 e. The summed E-state index contributed by atoms with van der Waals surface area (Å²) in [6.07, 6.45) is -1.63. The number of rotatable bonds is 2. The lowest BCUT2D eigenvalue weighted by atomic mass is 10.0. The van der Waals surface area contributed by atoms with Crippen LogP contribution >= 0.6 is 0 Å². The van der Waals surface area contributed by atoms with Gasteiger partial charge < -0.3 is 18.9 Å². The minimum Gasteiger partial charge on any atom is -0.437 e. The fourth-order valence-electron chi connectivity index (χ4n) is 2.09. The quantitative estimate of drug-likeness (QED) is 0.621. The van der Waals surface area contributed by atoms with Crippen LogP contribution in [0, 0.1) is 13.8 Å². The van der Waals surface area contributed by atoms with Crippen molar-refractivity contribution in [3.05, 3.63) is 35.4 Å². The molecule has 2 aromatic carbocycles. The van der Waals surface area contributed by atoms with Crippen LogP contribution in [0.4, 0.5) is 9.59 Å². The van der Waals surface area contributed by atoms with Gasteiger partial charge in [-0.25, -0.2) is 9.59 Å². The van der Waals surface area contributed by atoms with Crippen molar-refractivity contribution in [2.75, 3.05) is 14.2 Å². The number of hydrogen-bond acceptors (Lipinski definition) is 6. The van der Waals surface area contributed by atoms with Gasteiger partial charge >= 0.3 is 12.3 Å². The van der Waals surface area contributed by atoms with Crippen molar-refractivity contribution in [3.63, 3.8) is 0 Å². The highest BCUT2D eigenvalue weighted by Crippen LogP contribution is 2.37. The second-order valence-corrected chi connectivity index (χ2v) is 4.68. The maximum atomic E-state index is 11.4. The molecule has 0 aliphatic rings. The highest BCUT2D eigenvalue weighted by atomic mass is 16.7. The second-order valence-electron chi connectivity index (χ2n) is 4.68. The normalized spacial score (nSPS) is 10.2. The van der Waals surface area contributed by atoms with Crippen LogP contribution in [0.1, 0.15) is 11.1 Å². The third-order valence-corrected chi connectivity index (χ3v) is 3.10. The van der Waals surface area contributed by atoms with Crippen molar-refractivity contribution in [1.29, 1.82) is 0 Å². The number of benzene rings is 2. The van der Waals surface area contributed by atoms with Crippen LogP contribution < -0.4 is 9.47 Å². The molecule has 0 spiro atoms. The van der Waals surface area contributed by atoms with E-state index in [1.165, 1.54) is 14.2 Å². The molecular weight excluding hydrogens is 288 g/mol. The van der Waals surface area contributed by atoms with Gasteiger partial charge in [-0.1, -0.05) is 17.7 Å². The molecular formula is C16H16O6. The van der Waals surface area contributed by atoms with E-state index >= 15 is 0 Å². The zero-order valence-corrected chi connectivity index (χ0v) is 12.8. The molecule has 0 fully saturated rings. The highest BCUT2D eigenvalue weighted by molar-refractivity contribution is 5.97. The molecule has 0 aromatic heterocycles. The largest absolute Gasteiger partial charge is 0.513 e. The molecule has 0 bridgehead atoms. The zero-order valence-electron chi connectivity index (χ0n) is 12.8. The maximum Gasteiger partial charge on any atom is 0.513 e. The third kappa shape index (κ3) is 3.11. The van der Waals surface area contributed by atoms with Crippen LogP contribution in [-0.4, -0.2) is 26.5 Å². The van der Waals surface area contributed by atoms with E-state index in [0.29, 0.717) is 27.8 Å². The zero-order chi connectivity index (χ0) is 16.3. The van der Waals surface area contributed by atoms with Gasteiger partial charge in [0.05, 0.1) is 14.2 Å². The number of ether oxygens (including phenoxy) is 4. The molecule has 0 heterocycles. The van der Waals surface area contributed by atoms with Crippen LogP contribution in [0.15, 0.2) is 24.3 Å². The van der Waals surface area contributed by atoms with E-state index in [0.717, 1.165) is 5.56 Å². The highest BCUT2D eigenvalue weighted by Gasteiger charge is 2.17. The Labute approximate surface area is 127 Å². The van der Waals surface area contributed by atoms with Crippen molar-refractivity contribution in [2.24, 2.45) is 0 Å². The van der Waals surface area contributed by atoms with Gasteiger partial charge in [-0.3, -0.25) is 0 Å². The number of hydrogen-bond donors (Lipinski definition) is 0. The van der Waals surface area contributed by atoms with E-state index in [9.17, 15) is 9.59 Å². The van der Waals surface area contributed by atoms with Gasteiger partial charge in [-0.2, -0.15) is 0 Å². The van der Waals surface area contributed by atoms with Crippen LogP contribution in [0.5, 0.6) is 11.5 Å². The lowest BCUT2D eigenvalue weighted by Gasteiger charge is -2.14. The fourth-order valence-corrected chi connectivity index (χ4v) is 2.09. The van der Waals surface area contributed by atoms with Gasteiger partial charge in [-0.05, 0) is 31.5 Å². The molecule has 2 aromatic rings. The molecule has 2 rings (SSSR count). The first-order valence-corrected chi connectivity index (χ1v) is 6.51. The van der Waals surface area contributed by atoms with Crippen LogP contribution in [0.2, 0.25) is 0 Å². The molecule has 0 unspecified atom stereocenters. The maximum absolute atomic E-state index is 11.4. The Hall–Kier alpha value is -2.76. The van der Waals surface area contributed by atoms with Gasteiger partial charge in [0, 0.05) is 10.8 Å². The number of carbonyl (C=O) groups excluding carboxylic acids is 2. The molecule has 116 valence electrons. The molecule has 0 atom stereocenters. The van der Waals surface area contributed by atoms with Gasteiger partial charge in [0.25, 0.3) is 0 Å². The second kappa shape index (κ2) is 6.34. The minimum absolute atomic E-state index is 0.334. The first kappa shape index (κ1) is 15.6. The van der Waals surface area contributed by atoms with Crippen LogP contribution in [-0.2, 0) is 9.47 Å². The fraction of sp³-hybridized carbons (Fsp3) is 0.250. The van der Waals surface area contributed by atoms with Gasteiger partial charge in [-0.15, -0.1) is 0 Å². The van der Waals surface area contributed by atoms with Gasteiger partial charge in [0.2, 0.25) is 0 Å². The van der Waals surface area contributed by atoms with E-state index in [1.807, 2.05) is 19.1 Å². The number of carbonyl (C=O) groups is 2. The molecule has 0 aliphatic carbocycles. The Morgan fingerprint density at radius 1 is 0.864 bits per heavy atom. The summed E-state index contributed by atoms with van der Waals surface area (Å²) in [5.74, 6) is 0.694. The van der Waals surface area contributed by atoms with Crippen molar-refractivity contribution < 1.29 is 28.5 Å². The predicted molar refractivity (Wildman–Crippen MR) is 79.5 cm³/mol. The van der Waals surface area contributed by atoms with Crippen molar-refractivity contribution in [3.8, 4) is 11.5 Å². The molecule has 0 saturated carbocycles. The van der Waals surface area contributed by atoms with Gasteiger partial charge in [0.1, 0.15) is 11.5 Å².